The Bertz CT molecular complexity index is 1390. The summed E-state index contributed by atoms with van der Waals surface area (Å²) in [7, 11) is 0. The van der Waals surface area contributed by atoms with E-state index in [1.165, 1.54) is 95.5 Å². The van der Waals surface area contributed by atoms with Crippen LogP contribution in [0.2, 0.25) is 0 Å². The fourth-order valence-electron chi connectivity index (χ4n) is 5.43. The van der Waals surface area contributed by atoms with E-state index in [0.29, 0.717) is 23.0 Å². The minimum atomic E-state index is -0.411. The molecule has 2 aromatic carbocycles. The molecule has 4 aromatic rings. The van der Waals surface area contributed by atoms with Gasteiger partial charge < -0.3 is 4.74 Å². The Kier molecular flexibility index (Phi) is 14.7. The summed E-state index contributed by atoms with van der Waals surface area (Å²) in [6.07, 6.45) is 27.9. The molecule has 0 unspecified atom stereocenters. The molecule has 0 aliphatic carbocycles. The molecule has 2 aromatic heterocycles. The van der Waals surface area contributed by atoms with E-state index in [1.54, 1.807) is 24.3 Å². The fourth-order valence-corrected chi connectivity index (χ4v) is 5.43. The summed E-state index contributed by atoms with van der Waals surface area (Å²) in [5.74, 6) is 1.39. The highest BCUT2D eigenvalue weighted by Crippen LogP contribution is 2.22. The van der Waals surface area contributed by atoms with E-state index in [1.807, 2.05) is 49.1 Å². The molecule has 0 saturated heterocycles. The van der Waals surface area contributed by atoms with Crippen LogP contribution in [0, 0.1) is 0 Å². The number of carbonyl (C=O) groups is 1. The molecule has 4 rings (SSSR count). The lowest BCUT2D eigenvalue weighted by atomic mass is 10.1. The molecule has 238 valence electrons. The molecule has 0 fully saturated rings. The number of esters is 1. The number of aromatic nitrogens is 4. The van der Waals surface area contributed by atoms with Crippen molar-refractivity contribution in [2.75, 3.05) is 0 Å². The summed E-state index contributed by atoms with van der Waals surface area (Å²) in [6.45, 7) is 4.50. The molecule has 0 amide bonds. The molecular weight excluding hydrogens is 556 g/mol. The quantitative estimate of drug-likeness (QED) is 0.0566. The number of unbranched alkanes of at least 4 members (excludes halogenated alkanes) is 12. The minimum Gasteiger partial charge on any atom is -0.423 e. The van der Waals surface area contributed by atoms with Crippen molar-refractivity contribution in [1.82, 2.24) is 19.9 Å². The second-order valence-corrected chi connectivity index (χ2v) is 12.1. The van der Waals surface area contributed by atoms with Crippen LogP contribution in [-0.4, -0.2) is 25.9 Å². The van der Waals surface area contributed by atoms with Crippen LogP contribution >= 0.6 is 0 Å². The van der Waals surface area contributed by atoms with E-state index in [9.17, 15) is 4.79 Å². The van der Waals surface area contributed by atoms with Gasteiger partial charge in [0.05, 0.1) is 5.56 Å². The first-order valence-electron chi connectivity index (χ1n) is 17.2. The van der Waals surface area contributed by atoms with Crippen molar-refractivity contribution in [3.05, 3.63) is 90.0 Å². The molecular formula is C39H50N4O2. The van der Waals surface area contributed by atoms with E-state index in [2.05, 4.69) is 33.8 Å². The lowest BCUT2D eigenvalue weighted by Crippen LogP contribution is -2.08. The van der Waals surface area contributed by atoms with Crippen LogP contribution in [0.3, 0.4) is 0 Å². The van der Waals surface area contributed by atoms with Crippen molar-refractivity contribution in [3.63, 3.8) is 0 Å². The monoisotopic (exact) mass is 606 g/mol. The first-order valence-corrected chi connectivity index (χ1v) is 17.2. The van der Waals surface area contributed by atoms with Gasteiger partial charge >= 0.3 is 5.97 Å². The molecule has 0 atom stereocenters. The summed E-state index contributed by atoms with van der Waals surface area (Å²) in [6, 6.07) is 14.5. The number of ether oxygens (including phenoxy) is 1. The van der Waals surface area contributed by atoms with Gasteiger partial charge in [0.25, 0.3) is 0 Å². The van der Waals surface area contributed by atoms with Gasteiger partial charge in [-0.3, -0.25) is 0 Å². The average Bonchev–Trinajstić information content (AvgIpc) is 3.08. The second-order valence-electron chi connectivity index (χ2n) is 12.1. The second kappa shape index (κ2) is 19.5. The average molecular weight is 607 g/mol. The van der Waals surface area contributed by atoms with Crippen molar-refractivity contribution >= 4 is 5.97 Å². The zero-order valence-electron chi connectivity index (χ0n) is 27.3. The van der Waals surface area contributed by atoms with Gasteiger partial charge in [-0.15, -0.1) is 0 Å². The van der Waals surface area contributed by atoms with E-state index in [0.717, 1.165) is 29.5 Å². The number of nitrogens with zero attached hydrogens (tertiary/aromatic N) is 4. The maximum absolute atomic E-state index is 12.8. The third-order valence-electron chi connectivity index (χ3n) is 8.25. The van der Waals surface area contributed by atoms with Gasteiger partial charge in [-0.05, 0) is 73.2 Å². The summed E-state index contributed by atoms with van der Waals surface area (Å²) in [4.78, 5) is 31.0. The zero-order valence-corrected chi connectivity index (χ0v) is 27.3. The lowest BCUT2D eigenvalue weighted by molar-refractivity contribution is 0.0735. The summed E-state index contributed by atoms with van der Waals surface area (Å²) in [5, 5.41) is 0. The Morgan fingerprint density at radius 2 is 0.889 bits per heavy atom. The molecule has 0 spiro atoms. The number of hydrogen-bond donors (Lipinski definition) is 0. The van der Waals surface area contributed by atoms with Gasteiger partial charge in [0, 0.05) is 35.9 Å². The highest BCUT2D eigenvalue weighted by atomic mass is 16.5. The normalized spacial score (nSPS) is 11.1. The predicted octanol–water partition coefficient (Wildman–Crippen LogP) is 10.4. The smallest absolute Gasteiger partial charge is 0.343 e. The highest BCUT2D eigenvalue weighted by Gasteiger charge is 2.11. The topological polar surface area (TPSA) is 77.9 Å². The van der Waals surface area contributed by atoms with Gasteiger partial charge in [-0.2, -0.15) is 0 Å². The Labute approximate surface area is 270 Å². The summed E-state index contributed by atoms with van der Waals surface area (Å²) >= 11 is 0. The molecule has 6 nitrogen and oxygen atoms in total. The third-order valence-corrected chi connectivity index (χ3v) is 8.25. The highest BCUT2D eigenvalue weighted by molar-refractivity contribution is 5.91. The van der Waals surface area contributed by atoms with Crippen LogP contribution < -0.4 is 4.74 Å². The molecule has 0 aliphatic heterocycles. The minimum absolute atomic E-state index is 0.411. The zero-order chi connectivity index (χ0) is 31.5. The van der Waals surface area contributed by atoms with Gasteiger partial charge in [0.1, 0.15) is 5.75 Å². The Morgan fingerprint density at radius 1 is 0.511 bits per heavy atom. The van der Waals surface area contributed by atoms with E-state index < -0.39 is 5.97 Å². The van der Waals surface area contributed by atoms with Crippen molar-refractivity contribution in [1.29, 1.82) is 0 Å². The third kappa shape index (κ3) is 11.8. The number of aryl methyl sites for hydroxylation is 2. The standard InChI is InChI=1S/C39H50N4O2/c1-3-5-7-9-11-12-14-16-18-32-29-42-38(43-30-32)34-23-25-36(26-24-34)45-39(44)35-21-19-33(20-22-35)37-40-27-31(28-41-37)17-15-13-10-8-6-4-2/h19-30H,3-18H2,1-2H3. The van der Waals surface area contributed by atoms with E-state index in [-0.39, 0.29) is 0 Å². The summed E-state index contributed by atoms with van der Waals surface area (Å²) in [5.41, 5.74) is 4.56. The fraction of sp³-hybridized carbons (Fsp3) is 0.462. The molecule has 0 aliphatic rings. The molecule has 0 bridgehead atoms. The van der Waals surface area contributed by atoms with Gasteiger partial charge in [0.2, 0.25) is 0 Å². The lowest BCUT2D eigenvalue weighted by Gasteiger charge is -2.07. The predicted molar refractivity (Wildman–Crippen MR) is 183 cm³/mol. The van der Waals surface area contributed by atoms with Crippen LogP contribution in [0.15, 0.2) is 73.3 Å². The van der Waals surface area contributed by atoms with E-state index in [4.69, 9.17) is 4.74 Å². The van der Waals surface area contributed by atoms with Crippen molar-refractivity contribution in [3.8, 4) is 28.5 Å². The largest absolute Gasteiger partial charge is 0.423 e. The van der Waals surface area contributed by atoms with Crippen LogP contribution in [0.5, 0.6) is 5.75 Å². The molecule has 6 heteroatoms. The Morgan fingerprint density at radius 3 is 1.31 bits per heavy atom. The molecule has 0 radical (unpaired) electrons. The molecule has 0 saturated carbocycles. The summed E-state index contributed by atoms with van der Waals surface area (Å²) < 4.78 is 5.62. The maximum Gasteiger partial charge on any atom is 0.343 e. The Hall–Kier alpha value is -3.93. The first kappa shape index (κ1) is 34.0. The van der Waals surface area contributed by atoms with Crippen molar-refractivity contribution in [2.24, 2.45) is 0 Å². The Balaban J connectivity index is 1.20. The van der Waals surface area contributed by atoms with Gasteiger partial charge in [-0.25, -0.2) is 24.7 Å². The van der Waals surface area contributed by atoms with Crippen molar-refractivity contribution in [2.45, 2.75) is 117 Å². The number of hydrogen-bond acceptors (Lipinski definition) is 6. The maximum atomic E-state index is 12.8. The van der Waals surface area contributed by atoms with E-state index >= 15 is 0 Å². The van der Waals surface area contributed by atoms with Crippen LogP contribution in [0.4, 0.5) is 0 Å². The molecule has 0 N–H and O–H groups in total. The van der Waals surface area contributed by atoms with Gasteiger partial charge in [0.15, 0.2) is 11.6 Å². The SMILES string of the molecule is CCCCCCCCCCc1cnc(-c2ccc(OC(=O)c3ccc(-c4ncc(CCCCCCCC)cn4)cc3)cc2)nc1. The van der Waals surface area contributed by atoms with Crippen LogP contribution in [0.1, 0.15) is 125 Å². The number of carbonyl (C=O) groups excluding carboxylic acids is 1. The molecule has 45 heavy (non-hydrogen) atoms. The number of benzene rings is 2. The van der Waals surface area contributed by atoms with Crippen LogP contribution in [-0.2, 0) is 12.8 Å². The van der Waals surface area contributed by atoms with Gasteiger partial charge in [-0.1, -0.05) is 103 Å². The first-order chi connectivity index (χ1) is 22.2. The van der Waals surface area contributed by atoms with Crippen molar-refractivity contribution < 1.29 is 9.53 Å². The van der Waals surface area contributed by atoms with Crippen LogP contribution in [0.25, 0.3) is 22.8 Å². The molecule has 2 heterocycles. The number of rotatable bonds is 20.